The number of allylic oxidation sites excluding steroid dienone is 2. The second-order valence-corrected chi connectivity index (χ2v) is 6.14. The quantitative estimate of drug-likeness (QED) is 0.495. The Morgan fingerprint density at radius 3 is 2.90 bits per heavy atom. The Labute approximate surface area is 132 Å². The zero-order valence-electron chi connectivity index (χ0n) is 11.1. The second kappa shape index (κ2) is 5.66. The molecule has 21 heavy (non-hydrogen) atoms. The fourth-order valence-corrected chi connectivity index (χ4v) is 2.45. The minimum Gasteiger partial charge on any atom is -0.366 e. The van der Waals surface area contributed by atoms with Crippen LogP contribution in [0.25, 0.3) is 0 Å². The number of rotatable bonds is 5. The lowest BCUT2D eigenvalue weighted by molar-refractivity contribution is -0.110. The molecule has 3 rings (SSSR count). The highest BCUT2D eigenvalue weighted by Gasteiger charge is 2.35. The van der Waals surface area contributed by atoms with Crippen molar-refractivity contribution in [2.45, 2.75) is 23.9 Å². The molecular weight excluding hydrogens is 311 g/mol. The van der Waals surface area contributed by atoms with Crippen molar-refractivity contribution in [3.8, 4) is 0 Å². The lowest BCUT2D eigenvalue weighted by atomic mass is 9.96. The van der Waals surface area contributed by atoms with Gasteiger partial charge in [0, 0.05) is 6.04 Å². The van der Waals surface area contributed by atoms with Crippen LogP contribution in [0.5, 0.6) is 0 Å². The van der Waals surface area contributed by atoms with Crippen molar-refractivity contribution in [3.05, 3.63) is 35.5 Å². The zero-order valence-corrected chi connectivity index (χ0v) is 12.6. The molecule has 0 aromatic carbocycles. The van der Waals surface area contributed by atoms with Crippen LogP contribution in [0.2, 0.25) is 5.02 Å². The van der Waals surface area contributed by atoms with Crippen molar-refractivity contribution >= 4 is 41.3 Å². The number of carbonyl (C=O) groups excluding carboxylic acids is 1. The zero-order chi connectivity index (χ0) is 14.9. The van der Waals surface area contributed by atoms with Gasteiger partial charge in [0.05, 0.1) is 12.1 Å². The molecule has 0 aliphatic heterocycles. The first-order chi connectivity index (χ1) is 10.1. The summed E-state index contributed by atoms with van der Waals surface area (Å²) in [7, 11) is 0. The minimum absolute atomic E-state index is 0.323. The van der Waals surface area contributed by atoms with E-state index in [1.807, 2.05) is 0 Å². The number of nitrogens with one attached hydrogen (secondary N) is 2. The van der Waals surface area contributed by atoms with Crippen LogP contribution in [0.1, 0.15) is 12.8 Å². The number of anilines is 2. The molecule has 1 aromatic rings. The molecule has 7 heteroatoms. The summed E-state index contributed by atoms with van der Waals surface area (Å²) in [4.78, 5) is 18.5. The molecule has 2 aliphatic rings. The molecule has 0 bridgehead atoms. The molecule has 0 saturated heterocycles. The fourth-order valence-electron chi connectivity index (χ4n) is 2.02. The molecule has 1 fully saturated rings. The van der Waals surface area contributed by atoms with Crippen molar-refractivity contribution in [3.63, 3.8) is 0 Å². The lowest BCUT2D eigenvalue weighted by Gasteiger charge is -2.30. The number of alkyl halides is 1. The molecule has 5 nitrogen and oxygen atoms in total. The number of aromatic nitrogens is 2. The van der Waals surface area contributed by atoms with Gasteiger partial charge in [0.15, 0.2) is 5.82 Å². The lowest BCUT2D eigenvalue weighted by Crippen LogP contribution is -2.40. The van der Waals surface area contributed by atoms with Crippen LogP contribution in [0.15, 0.2) is 30.5 Å². The van der Waals surface area contributed by atoms with Crippen LogP contribution in [0.4, 0.5) is 11.8 Å². The first kappa shape index (κ1) is 14.4. The monoisotopic (exact) mass is 324 g/mol. The van der Waals surface area contributed by atoms with Crippen LogP contribution in [-0.2, 0) is 4.79 Å². The van der Waals surface area contributed by atoms with Gasteiger partial charge in [-0.1, -0.05) is 41.4 Å². The molecule has 1 saturated carbocycles. The number of carbonyl (C=O) groups is 1. The third-order valence-electron chi connectivity index (χ3n) is 3.37. The van der Waals surface area contributed by atoms with E-state index in [-0.39, 0.29) is 0 Å². The Balaban J connectivity index is 1.81. The Morgan fingerprint density at radius 1 is 1.38 bits per heavy atom. The smallest absolute Gasteiger partial charge is 0.226 e. The first-order valence-corrected chi connectivity index (χ1v) is 7.44. The molecular formula is C14H14Cl2N4O. The van der Waals surface area contributed by atoms with Crippen LogP contribution in [-0.4, -0.2) is 27.3 Å². The van der Waals surface area contributed by atoms with Gasteiger partial charge < -0.3 is 15.4 Å². The largest absolute Gasteiger partial charge is 0.366 e. The summed E-state index contributed by atoms with van der Waals surface area (Å²) in [5.74, 6) is 0.405. The minimum atomic E-state index is -1.07. The summed E-state index contributed by atoms with van der Waals surface area (Å²) < 4.78 is 0. The molecule has 0 spiro atoms. The maximum absolute atomic E-state index is 11.2. The Morgan fingerprint density at radius 2 is 2.19 bits per heavy atom. The van der Waals surface area contributed by atoms with E-state index in [0.29, 0.717) is 22.8 Å². The van der Waals surface area contributed by atoms with Gasteiger partial charge >= 0.3 is 0 Å². The molecule has 2 atom stereocenters. The van der Waals surface area contributed by atoms with Gasteiger partial charge in [-0.2, -0.15) is 4.98 Å². The van der Waals surface area contributed by atoms with Crippen LogP contribution < -0.4 is 10.6 Å². The molecule has 1 aromatic heterocycles. The van der Waals surface area contributed by atoms with Crippen molar-refractivity contribution in [1.82, 2.24) is 9.97 Å². The maximum atomic E-state index is 11.2. The van der Waals surface area contributed by atoms with E-state index in [0.717, 1.165) is 19.1 Å². The molecule has 1 heterocycles. The Hall–Kier alpha value is -1.59. The maximum Gasteiger partial charge on any atom is 0.226 e. The average Bonchev–Trinajstić information content (AvgIpc) is 3.27. The SMILES string of the molecule is O=CC1C=CC=CC1(Cl)Nc1ncc(Cl)c(NC2CC2)n1. The van der Waals surface area contributed by atoms with E-state index in [4.69, 9.17) is 23.2 Å². The van der Waals surface area contributed by atoms with Crippen molar-refractivity contribution in [2.75, 3.05) is 10.6 Å². The normalized spacial score (nSPS) is 27.4. The van der Waals surface area contributed by atoms with E-state index in [9.17, 15) is 4.79 Å². The number of hydrogen-bond donors (Lipinski definition) is 2. The molecule has 0 radical (unpaired) electrons. The number of halogens is 2. The summed E-state index contributed by atoms with van der Waals surface area (Å²) in [6.45, 7) is 0. The van der Waals surface area contributed by atoms with Crippen LogP contribution >= 0.6 is 23.2 Å². The highest BCUT2D eigenvalue weighted by Crippen LogP contribution is 2.32. The standard InChI is InChI=1S/C14H14Cl2N4O/c15-11-7-17-13(19-12(11)18-10-4-5-10)20-14(16)6-2-1-3-9(14)8-21/h1-3,6-10H,4-5H2,(H2,17,18,19,20). The topological polar surface area (TPSA) is 66.9 Å². The number of hydrogen-bond acceptors (Lipinski definition) is 5. The van der Waals surface area contributed by atoms with Crippen LogP contribution in [0, 0.1) is 5.92 Å². The predicted octanol–water partition coefficient (Wildman–Crippen LogP) is 2.99. The number of aldehydes is 1. The van der Waals surface area contributed by atoms with Gasteiger partial charge in [0.2, 0.25) is 5.95 Å². The molecule has 2 aliphatic carbocycles. The van der Waals surface area contributed by atoms with Crippen molar-refractivity contribution in [2.24, 2.45) is 5.92 Å². The average molecular weight is 325 g/mol. The highest BCUT2D eigenvalue weighted by atomic mass is 35.5. The van der Waals surface area contributed by atoms with Gasteiger partial charge in [-0.25, -0.2) is 4.98 Å². The van der Waals surface area contributed by atoms with E-state index >= 15 is 0 Å². The van der Waals surface area contributed by atoms with E-state index in [2.05, 4.69) is 20.6 Å². The van der Waals surface area contributed by atoms with Gasteiger partial charge in [-0.3, -0.25) is 0 Å². The second-order valence-electron chi connectivity index (χ2n) is 5.11. The summed E-state index contributed by atoms with van der Waals surface area (Å²) in [6.07, 6.45) is 11.5. The van der Waals surface area contributed by atoms with Gasteiger partial charge in [-0.15, -0.1) is 0 Å². The van der Waals surface area contributed by atoms with E-state index < -0.39 is 10.9 Å². The summed E-state index contributed by atoms with van der Waals surface area (Å²) in [5.41, 5.74) is 0. The van der Waals surface area contributed by atoms with Crippen molar-refractivity contribution in [1.29, 1.82) is 0 Å². The van der Waals surface area contributed by atoms with Gasteiger partial charge in [0.25, 0.3) is 0 Å². The third kappa shape index (κ3) is 3.19. The van der Waals surface area contributed by atoms with Gasteiger partial charge in [-0.05, 0) is 18.9 Å². The molecule has 2 N–H and O–H groups in total. The molecule has 2 unspecified atom stereocenters. The molecule has 0 amide bonds. The Bertz CT molecular complexity index is 615. The van der Waals surface area contributed by atoms with E-state index in [1.54, 1.807) is 24.3 Å². The third-order valence-corrected chi connectivity index (χ3v) is 4.11. The fraction of sp³-hybridized carbons (Fsp3) is 0.357. The highest BCUT2D eigenvalue weighted by molar-refractivity contribution is 6.32. The Kier molecular flexibility index (Phi) is 3.87. The summed E-state index contributed by atoms with van der Waals surface area (Å²) in [5, 5.41) is 6.69. The number of nitrogens with zero attached hydrogens (tertiary/aromatic N) is 2. The molecule has 110 valence electrons. The van der Waals surface area contributed by atoms with Gasteiger partial charge in [0.1, 0.15) is 16.3 Å². The first-order valence-electron chi connectivity index (χ1n) is 6.68. The summed E-state index contributed by atoms with van der Waals surface area (Å²) in [6, 6.07) is 0.426. The van der Waals surface area contributed by atoms with Crippen LogP contribution in [0.3, 0.4) is 0 Å². The van der Waals surface area contributed by atoms with Crippen molar-refractivity contribution < 1.29 is 4.79 Å². The van der Waals surface area contributed by atoms with E-state index in [1.165, 1.54) is 6.20 Å². The predicted molar refractivity (Wildman–Crippen MR) is 83.7 cm³/mol. The summed E-state index contributed by atoms with van der Waals surface area (Å²) >= 11 is 12.5.